The Morgan fingerprint density at radius 2 is 2.15 bits per heavy atom. The van der Waals surface area contributed by atoms with Crippen LogP contribution in [0.5, 0.6) is 0 Å². The van der Waals surface area contributed by atoms with Gasteiger partial charge in [0.05, 0.1) is 0 Å². The molecule has 2 nitrogen and oxygen atoms in total. The summed E-state index contributed by atoms with van der Waals surface area (Å²) in [4.78, 5) is 4.54. The molecule has 0 saturated carbocycles. The van der Waals surface area contributed by atoms with E-state index in [1.54, 1.807) is 6.07 Å². The average molecular weight is 270 g/mol. The van der Waals surface area contributed by atoms with Crippen molar-refractivity contribution in [1.82, 2.24) is 10.3 Å². The molecule has 1 heterocycles. The maximum absolute atomic E-state index is 13.8. The van der Waals surface area contributed by atoms with Crippen LogP contribution in [0, 0.1) is 5.82 Å². The van der Waals surface area contributed by atoms with Crippen LogP contribution >= 0.6 is 0 Å². The topological polar surface area (TPSA) is 24.9 Å². The van der Waals surface area contributed by atoms with Gasteiger partial charge in [-0.3, -0.25) is 4.98 Å². The summed E-state index contributed by atoms with van der Waals surface area (Å²) in [7, 11) is 1.95. The molecule has 20 heavy (non-hydrogen) atoms. The molecule has 0 bridgehead atoms. The number of nitrogens with one attached hydrogen (secondary N) is 1. The van der Waals surface area contributed by atoms with E-state index in [2.05, 4.69) is 16.4 Å². The van der Waals surface area contributed by atoms with Crippen molar-refractivity contribution in [2.24, 2.45) is 0 Å². The lowest BCUT2D eigenvalue weighted by Gasteiger charge is -2.23. The largest absolute Gasteiger partial charge is 0.316 e. The number of hydrogen-bond donors (Lipinski definition) is 1. The molecule has 3 heteroatoms. The van der Waals surface area contributed by atoms with E-state index in [0.29, 0.717) is 12.3 Å². The lowest BCUT2D eigenvalue weighted by molar-refractivity contribution is 0.443. The van der Waals surface area contributed by atoms with Gasteiger partial charge in [0.2, 0.25) is 0 Å². The summed E-state index contributed by atoms with van der Waals surface area (Å²) in [6, 6.07) is 11.4. The molecule has 1 aromatic heterocycles. The third-order valence-electron chi connectivity index (χ3n) is 4.26. The standard InChI is InChI=1S/C17H19FN2/c1-19-16(11-13-5-2-3-7-15(13)18)14-9-8-12-6-4-10-20-17(12)14/h2-7,10,14,16,19H,8-9,11H2,1H3. The summed E-state index contributed by atoms with van der Waals surface area (Å²) in [5.74, 6) is 0.253. The Balaban J connectivity index is 1.83. The van der Waals surface area contributed by atoms with Crippen LogP contribution in [0.3, 0.4) is 0 Å². The Morgan fingerprint density at radius 1 is 1.30 bits per heavy atom. The molecule has 2 aromatic rings. The van der Waals surface area contributed by atoms with Crippen LogP contribution in [-0.2, 0) is 12.8 Å². The summed E-state index contributed by atoms with van der Waals surface area (Å²) >= 11 is 0. The predicted molar refractivity (Wildman–Crippen MR) is 78.3 cm³/mol. The minimum absolute atomic E-state index is 0.119. The van der Waals surface area contributed by atoms with Crippen LogP contribution in [0.1, 0.15) is 29.2 Å². The molecule has 0 radical (unpaired) electrons. The summed E-state index contributed by atoms with van der Waals surface area (Å²) in [5, 5.41) is 3.35. The molecule has 0 fully saturated rings. The van der Waals surface area contributed by atoms with Crippen LogP contribution in [0.2, 0.25) is 0 Å². The van der Waals surface area contributed by atoms with Gasteiger partial charge in [-0.25, -0.2) is 4.39 Å². The molecule has 2 atom stereocenters. The van der Waals surface area contributed by atoms with E-state index in [9.17, 15) is 4.39 Å². The Morgan fingerprint density at radius 3 is 2.95 bits per heavy atom. The Kier molecular flexibility index (Phi) is 3.79. The normalized spacial score (nSPS) is 18.8. The molecule has 1 N–H and O–H groups in total. The van der Waals surface area contributed by atoms with Gasteiger partial charge in [0.15, 0.2) is 0 Å². The van der Waals surface area contributed by atoms with Gasteiger partial charge < -0.3 is 5.32 Å². The highest BCUT2D eigenvalue weighted by Crippen LogP contribution is 2.34. The average Bonchev–Trinajstić information content (AvgIpc) is 2.90. The number of benzene rings is 1. The van der Waals surface area contributed by atoms with E-state index in [4.69, 9.17) is 0 Å². The zero-order valence-corrected chi connectivity index (χ0v) is 11.6. The second-order valence-corrected chi connectivity index (χ2v) is 5.38. The number of halogens is 1. The van der Waals surface area contributed by atoms with Crippen LogP contribution in [-0.4, -0.2) is 18.1 Å². The highest BCUT2D eigenvalue weighted by molar-refractivity contribution is 5.31. The molecular weight excluding hydrogens is 251 g/mol. The fraction of sp³-hybridized carbons (Fsp3) is 0.353. The number of aryl methyl sites for hydroxylation is 1. The van der Waals surface area contributed by atoms with Gasteiger partial charge in [-0.1, -0.05) is 24.3 Å². The van der Waals surface area contributed by atoms with E-state index in [1.165, 1.54) is 17.3 Å². The lowest BCUT2D eigenvalue weighted by Crippen LogP contribution is -2.34. The third-order valence-corrected chi connectivity index (χ3v) is 4.26. The molecule has 0 amide bonds. The fourth-order valence-corrected chi connectivity index (χ4v) is 3.18. The summed E-state index contributed by atoms with van der Waals surface area (Å²) in [5.41, 5.74) is 3.30. The van der Waals surface area contributed by atoms with Crippen molar-refractivity contribution in [3.63, 3.8) is 0 Å². The fourth-order valence-electron chi connectivity index (χ4n) is 3.18. The number of fused-ring (bicyclic) bond motifs is 1. The molecule has 3 rings (SSSR count). The van der Waals surface area contributed by atoms with E-state index >= 15 is 0 Å². The minimum Gasteiger partial charge on any atom is -0.316 e. The van der Waals surface area contributed by atoms with Gasteiger partial charge in [0.1, 0.15) is 5.82 Å². The number of nitrogens with zero attached hydrogens (tertiary/aromatic N) is 1. The van der Waals surface area contributed by atoms with E-state index < -0.39 is 0 Å². The predicted octanol–water partition coefficient (Wildman–Crippen LogP) is 3.08. The first-order valence-electron chi connectivity index (χ1n) is 7.14. The smallest absolute Gasteiger partial charge is 0.126 e. The lowest BCUT2D eigenvalue weighted by atomic mass is 9.91. The van der Waals surface area contributed by atoms with Gasteiger partial charge in [-0.15, -0.1) is 0 Å². The van der Waals surface area contributed by atoms with Gasteiger partial charge in [-0.2, -0.15) is 0 Å². The Hall–Kier alpha value is -1.74. The maximum Gasteiger partial charge on any atom is 0.126 e. The first kappa shape index (κ1) is 13.3. The molecule has 104 valence electrons. The minimum atomic E-state index is -0.119. The number of hydrogen-bond acceptors (Lipinski definition) is 2. The van der Waals surface area contributed by atoms with Crippen LogP contribution < -0.4 is 5.32 Å². The number of rotatable bonds is 4. The second-order valence-electron chi connectivity index (χ2n) is 5.38. The number of aromatic nitrogens is 1. The van der Waals surface area contributed by atoms with Crippen molar-refractivity contribution in [3.05, 3.63) is 65.2 Å². The monoisotopic (exact) mass is 270 g/mol. The van der Waals surface area contributed by atoms with Crippen molar-refractivity contribution in [1.29, 1.82) is 0 Å². The Labute approximate surface area is 119 Å². The molecular formula is C17H19FN2. The molecule has 1 aromatic carbocycles. The third kappa shape index (κ3) is 2.46. The zero-order valence-electron chi connectivity index (χ0n) is 11.6. The second kappa shape index (κ2) is 5.71. The SMILES string of the molecule is CNC(Cc1ccccc1F)C1CCc2cccnc21. The van der Waals surface area contributed by atoms with E-state index in [1.807, 2.05) is 31.4 Å². The molecule has 1 aliphatic rings. The summed E-state index contributed by atoms with van der Waals surface area (Å²) < 4.78 is 13.8. The van der Waals surface area contributed by atoms with Gasteiger partial charge >= 0.3 is 0 Å². The van der Waals surface area contributed by atoms with Crippen LogP contribution in [0.25, 0.3) is 0 Å². The number of pyridine rings is 1. The number of likely N-dealkylation sites (N-methyl/N-ethyl adjacent to an activating group) is 1. The highest BCUT2D eigenvalue weighted by Gasteiger charge is 2.30. The van der Waals surface area contributed by atoms with E-state index in [-0.39, 0.29) is 11.9 Å². The molecule has 1 aliphatic carbocycles. The first-order chi connectivity index (χ1) is 9.79. The summed E-state index contributed by atoms with van der Waals surface area (Å²) in [6.45, 7) is 0. The van der Waals surface area contributed by atoms with Crippen LogP contribution in [0.4, 0.5) is 4.39 Å². The van der Waals surface area contributed by atoms with Gasteiger partial charge in [-0.05, 0) is 49.6 Å². The van der Waals surface area contributed by atoms with Gasteiger partial charge in [0, 0.05) is 23.9 Å². The first-order valence-corrected chi connectivity index (χ1v) is 7.14. The quantitative estimate of drug-likeness (QED) is 0.923. The Bertz CT molecular complexity index is 597. The molecule has 2 unspecified atom stereocenters. The highest BCUT2D eigenvalue weighted by atomic mass is 19.1. The maximum atomic E-state index is 13.8. The van der Waals surface area contributed by atoms with Crippen molar-refractivity contribution in [2.45, 2.75) is 31.2 Å². The van der Waals surface area contributed by atoms with E-state index in [0.717, 1.165) is 18.4 Å². The van der Waals surface area contributed by atoms with Gasteiger partial charge in [0.25, 0.3) is 0 Å². The van der Waals surface area contributed by atoms with Crippen molar-refractivity contribution < 1.29 is 4.39 Å². The molecule has 0 spiro atoms. The molecule has 0 aliphatic heterocycles. The van der Waals surface area contributed by atoms with Crippen molar-refractivity contribution in [3.8, 4) is 0 Å². The van der Waals surface area contributed by atoms with Crippen LogP contribution in [0.15, 0.2) is 42.6 Å². The molecule has 0 saturated heterocycles. The van der Waals surface area contributed by atoms with Crippen molar-refractivity contribution in [2.75, 3.05) is 7.05 Å². The van der Waals surface area contributed by atoms with Crippen molar-refractivity contribution >= 4 is 0 Å². The summed E-state index contributed by atoms with van der Waals surface area (Å²) in [6.07, 6.45) is 4.71. The zero-order chi connectivity index (χ0) is 13.9.